The number of nitrogens with one attached hydrogen (secondary N) is 1. The van der Waals surface area contributed by atoms with E-state index in [0.717, 1.165) is 16.3 Å². The molecule has 0 spiro atoms. The zero-order chi connectivity index (χ0) is 18.1. The van der Waals surface area contributed by atoms with Crippen molar-refractivity contribution >= 4 is 68.6 Å². The number of halogens is 2. The van der Waals surface area contributed by atoms with E-state index in [2.05, 4.69) is 10.3 Å². The number of carbonyl (C=O) groups is 1. The number of aliphatic imine (C=N–C) groups is 1. The summed E-state index contributed by atoms with van der Waals surface area (Å²) >= 11 is 13.5. The molecule has 1 amide bonds. The van der Waals surface area contributed by atoms with Gasteiger partial charge in [0.25, 0.3) is 5.91 Å². The molecule has 1 N–H and O–H groups in total. The fraction of sp³-hybridized carbons (Fsp3) is 0. The van der Waals surface area contributed by atoms with Crippen LogP contribution in [0.2, 0.25) is 10.0 Å². The molecule has 128 valence electrons. The molecule has 1 aliphatic rings. The van der Waals surface area contributed by atoms with Gasteiger partial charge >= 0.3 is 0 Å². The molecular formula is C20H12Cl2N2OS. The standard InChI is InChI=1S/C20H12Cl2N2OS/c21-15-9-4-10-16(18(15)22)23-20-24-19(25)17(26-20)11-13-7-3-6-12-5-1-2-8-14(12)13/h1-11H,(H,23,24,25). The van der Waals surface area contributed by atoms with Gasteiger partial charge in [-0.25, -0.2) is 4.99 Å². The van der Waals surface area contributed by atoms with Crippen LogP contribution in [0.5, 0.6) is 0 Å². The monoisotopic (exact) mass is 398 g/mol. The van der Waals surface area contributed by atoms with Gasteiger partial charge in [0.05, 0.1) is 20.6 Å². The number of hydrogen-bond acceptors (Lipinski definition) is 3. The first-order valence-electron chi connectivity index (χ1n) is 7.83. The number of amidine groups is 1. The molecule has 1 fully saturated rings. The number of hydrogen-bond donors (Lipinski definition) is 1. The Morgan fingerprint density at radius 1 is 0.962 bits per heavy atom. The van der Waals surface area contributed by atoms with E-state index in [1.807, 2.05) is 48.5 Å². The first kappa shape index (κ1) is 17.2. The van der Waals surface area contributed by atoms with Crippen LogP contribution >= 0.6 is 35.0 Å². The summed E-state index contributed by atoms with van der Waals surface area (Å²) in [5.41, 5.74) is 1.51. The summed E-state index contributed by atoms with van der Waals surface area (Å²) in [7, 11) is 0. The molecule has 0 aromatic heterocycles. The zero-order valence-electron chi connectivity index (χ0n) is 13.4. The number of carbonyl (C=O) groups excluding carboxylic acids is 1. The van der Waals surface area contributed by atoms with Crippen molar-refractivity contribution in [2.45, 2.75) is 0 Å². The molecule has 1 heterocycles. The minimum atomic E-state index is -0.181. The Kier molecular flexibility index (Phi) is 4.72. The van der Waals surface area contributed by atoms with Gasteiger partial charge in [0.2, 0.25) is 0 Å². The molecule has 6 heteroatoms. The van der Waals surface area contributed by atoms with Gasteiger partial charge in [-0.15, -0.1) is 0 Å². The maximum Gasteiger partial charge on any atom is 0.264 e. The van der Waals surface area contributed by atoms with Crippen LogP contribution in [0, 0.1) is 0 Å². The number of fused-ring (bicyclic) bond motifs is 1. The van der Waals surface area contributed by atoms with Gasteiger partial charge in [-0.05, 0) is 46.3 Å². The van der Waals surface area contributed by atoms with E-state index in [0.29, 0.717) is 25.8 Å². The number of rotatable bonds is 2. The molecule has 0 aliphatic carbocycles. The van der Waals surface area contributed by atoms with Crippen molar-refractivity contribution in [1.29, 1.82) is 0 Å². The topological polar surface area (TPSA) is 41.5 Å². The van der Waals surface area contributed by atoms with Crippen LogP contribution < -0.4 is 5.32 Å². The van der Waals surface area contributed by atoms with E-state index in [9.17, 15) is 4.79 Å². The summed E-state index contributed by atoms with van der Waals surface area (Å²) in [6.45, 7) is 0. The van der Waals surface area contributed by atoms with E-state index in [4.69, 9.17) is 23.2 Å². The minimum absolute atomic E-state index is 0.181. The first-order chi connectivity index (χ1) is 12.6. The molecule has 0 unspecified atom stereocenters. The second-order valence-electron chi connectivity index (χ2n) is 5.62. The summed E-state index contributed by atoms with van der Waals surface area (Å²) in [5.74, 6) is -0.181. The molecule has 0 atom stereocenters. The van der Waals surface area contributed by atoms with Crippen molar-refractivity contribution in [1.82, 2.24) is 5.32 Å². The Morgan fingerprint density at radius 3 is 2.62 bits per heavy atom. The third-order valence-electron chi connectivity index (χ3n) is 3.91. The first-order valence-corrected chi connectivity index (χ1v) is 9.40. The molecular weight excluding hydrogens is 387 g/mol. The molecule has 4 rings (SSSR count). The van der Waals surface area contributed by atoms with Crippen molar-refractivity contribution in [2.75, 3.05) is 0 Å². The van der Waals surface area contributed by atoms with Gasteiger partial charge in [0, 0.05) is 0 Å². The molecule has 1 saturated heterocycles. The lowest BCUT2D eigenvalue weighted by atomic mass is 10.0. The smallest absolute Gasteiger partial charge is 0.264 e. The van der Waals surface area contributed by atoms with Crippen molar-refractivity contribution in [3.05, 3.63) is 81.2 Å². The van der Waals surface area contributed by atoms with Crippen molar-refractivity contribution in [3.8, 4) is 0 Å². The lowest BCUT2D eigenvalue weighted by Crippen LogP contribution is -2.19. The van der Waals surface area contributed by atoms with Gasteiger partial charge in [-0.3, -0.25) is 4.79 Å². The SMILES string of the molecule is O=C1NC(=Nc2cccc(Cl)c2Cl)SC1=Cc1cccc2ccccc12. The quantitative estimate of drug-likeness (QED) is 0.534. The van der Waals surface area contributed by atoms with E-state index in [1.54, 1.807) is 18.2 Å². The highest BCUT2D eigenvalue weighted by Gasteiger charge is 2.24. The van der Waals surface area contributed by atoms with Crippen LogP contribution in [-0.2, 0) is 4.79 Å². The average Bonchev–Trinajstić information content (AvgIpc) is 2.98. The number of nitrogens with zero attached hydrogens (tertiary/aromatic N) is 1. The predicted molar refractivity (Wildman–Crippen MR) is 111 cm³/mol. The second kappa shape index (κ2) is 7.16. The largest absolute Gasteiger partial charge is 0.300 e. The summed E-state index contributed by atoms with van der Waals surface area (Å²) in [5, 5.41) is 6.26. The fourth-order valence-electron chi connectivity index (χ4n) is 2.69. The van der Waals surface area contributed by atoms with Crippen LogP contribution in [0.15, 0.2) is 70.6 Å². The minimum Gasteiger partial charge on any atom is -0.300 e. The lowest BCUT2D eigenvalue weighted by molar-refractivity contribution is -0.115. The third-order valence-corrected chi connectivity index (χ3v) is 5.63. The molecule has 3 nitrogen and oxygen atoms in total. The van der Waals surface area contributed by atoms with Gasteiger partial charge in [0.1, 0.15) is 0 Å². The normalized spacial score (nSPS) is 17.2. The summed E-state index contributed by atoms with van der Waals surface area (Å²) in [6, 6.07) is 19.3. The lowest BCUT2D eigenvalue weighted by Gasteiger charge is -2.02. The Labute approximate surface area is 164 Å². The number of benzene rings is 3. The average molecular weight is 399 g/mol. The number of thioether (sulfide) groups is 1. The Bertz CT molecular complexity index is 1090. The Hall–Kier alpha value is -2.27. The maximum absolute atomic E-state index is 12.3. The van der Waals surface area contributed by atoms with Crippen molar-refractivity contribution in [2.24, 2.45) is 4.99 Å². The van der Waals surface area contributed by atoms with E-state index in [-0.39, 0.29) is 5.91 Å². The van der Waals surface area contributed by atoms with E-state index >= 15 is 0 Å². The van der Waals surface area contributed by atoms with E-state index < -0.39 is 0 Å². The Morgan fingerprint density at radius 2 is 1.73 bits per heavy atom. The maximum atomic E-state index is 12.3. The zero-order valence-corrected chi connectivity index (χ0v) is 15.7. The molecule has 0 saturated carbocycles. The van der Waals surface area contributed by atoms with Crippen molar-refractivity contribution < 1.29 is 4.79 Å². The van der Waals surface area contributed by atoms with Gasteiger partial charge in [0.15, 0.2) is 5.17 Å². The number of amides is 1. The van der Waals surface area contributed by atoms with Crippen LogP contribution in [0.25, 0.3) is 16.8 Å². The molecule has 1 aliphatic heterocycles. The molecule has 0 bridgehead atoms. The second-order valence-corrected chi connectivity index (χ2v) is 7.44. The summed E-state index contributed by atoms with van der Waals surface area (Å²) in [4.78, 5) is 17.3. The van der Waals surface area contributed by atoms with Crippen LogP contribution in [0.1, 0.15) is 5.56 Å². The fourth-order valence-corrected chi connectivity index (χ4v) is 3.85. The van der Waals surface area contributed by atoms with Gasteiger partial charge in [-0.2, -0.15) is 0 Å². The van der Waals surface area contributed by atoms with Crippen molar-refractivity contribution in [3.63, 3.8) is 0 Å². The third kappa shape index (κ3) is 3.36. The van der Waals surface area contributed by atoms with Crippen LogP contribution in [0.3, 0.4) is 0 Å². The summed E-state index contributed by atoms with van der Waals surface area (Å²) < 4.78 is 0. The highest BCUT2D eigenvalue weighted by Crippen LogP contribution is 2.35. The molecule has 0 radical (unpaired) electrons. The predicted octanol–water partition coefficient (Wildman–Crippen LogP) is 6.04. The highest BCUT2D eigenvalue weighted by molar-refractivity contribution is 8.18. The Balaban J connectivity index is 1.69. The highest BCUT2D eigenvalue weighted by atomic mass is 35.5. The van der Waals surface area contributed by atoms with Gasteiger partial charge in [-0.1, -0.05) is 71.7 Å². The van der Waals surface area contributed by atoms with Crippen LogP contribution in [-0.4, -0.2) is 11.1 Å². The van der Waals surface area contributed by atoms with E-state index in [1.165, 1.54) is 11.8 Å². The molecule has 26 heavy (non-hydrogen) atoms. The van der Waals surface area contributed by atoms with Gasteiger partial charge < -0.3 is 5.32 Å². The molecule has 3 aromatic rings. The molecule has 3 aromatic carbocycles. The summed E-state index contributed by atoms with van der Waals surface area (Å²) in [6.07, 6.45) is 1.88. The van der Waals surface area contributed by atoms with Crippen LogP contribution in [0.4, 0.5) is 5.69 Å².